The van der Waals surface area contributed by atoms with Crippen molar-refractivity contribution in [2.75, 3.05) is 5.32 Å². The summed E-state index contributed by atoms with van der Waals surface area (Å²) in [5.41, 5.74) is 2.72. The Balaban J connectivity index is 2.30. The molecule has 0 aliphatic rings. The lowest BCUT2D eigenvalue weighted by atomic mass is 10.2. The number of anilines is 2. The van der Waals surface area contributed by atoms with E-state index in [-0.39, 0.29) is 5.82 Å². The van der Waals surface area contributed by atoms with Crippen LogP contribution in [0, 0.1) is 19.7 Å². The summed E-state index contributed by atoms with van der Waals surface area (Å²) in [6.07, 6.45) is 3.03. The van der Waals surface area contributed by atoms with Gasteiger partial charge in [-0.1, -0.05) is 13.0 Å². The molecule has 0 fully saturated rings. The number of halogens is 1. The number of imidazole rings is 1. The molecule has 96 valence electrons. The van der Waals surface area contributed by atoms with Gasteiger partial charge < -0.3 is 9.88 Å². The van der Waals surface area contributed by atoms with Crippen LogP contribution in [0.25, 0.3) is 0 Å². The molecule has 0 saturated carbocycles. The van der Waals surface area contributed by atoms with Crippen LogP contribution in [0.3, 0.4) is 0 Å². The molecule has 0 amide bonds. The number of hydrogen-bond acceptors (Lipinski definition) is 2. The lowest BCUT2D eigenvalue weighted by Crippen LogP contribution is -2.03. The first-order valence-electron chi connectivity index (χ1n) is 6.17. The molecule has 0 spiro atoms. The third-order valence-corrected chi connectivity index (χ3v) is 2.81. The molecule has 1 aromatic heterocycles. The Morgan fingerprint density at radius 1 is 1.33 bits per heavy atom. The van der Waals surface area contributed by atoms with E-state index in [0.717, 1.165) is 35.9 Å². The maximum atomic E-state index is 13.2. The van der Waals surface area contributed by atoms with Crippen LogP contribution in [0.5, 0.6) is 0 Å². The molecule has 2 aromatic rings. The fraction of sp³-hybridized carbons (Fsp3) is 0.357. The summed E-state index contributed by atoms with van der Waals surface area (Å²) in [6, 6.07) is 4.72. The van der Waals surface area contributed by atoms with Gasteiger partial charge in [0.25, 0.3) is 0 Å². The lowest BCUT2D eigenvalue weighted by molar-refractivity contribution is 0.628. The number of aryl methyl sites for hydroxylation is 3. The summed E-state index contributed by atoms with van der Waals surface area (Å²) < 4.78 is 15.3. The van der Waals surface area contributed by atoms with Gasteiger partial charge in [-0.25, -0.2) is 9.37 Å². The summed E-state index contributed by atoms with van der Waals surface area (Å²) in [7, 11) is 0. The second-order valence-corrected chi connectivity index (χ2v) is 4.48. The fourth-order valence-corrected chi connectivity index (χ4v) is 1.91. The Morgan fingerprint density at radius 2 is 2.11 bits per heavy atom. The van der Waals surface area contributed by atoms with Gasteiger partial charge in [0.1, 0.15) is 5.82 Å². The van der Waals surface area contributed by atoms with Gasteiger partial charge in [-0.2, -0.15) is 0 Å². The van der Waals surface area contributed by atoms with Crippen LogP contribution >= 0.6 is 0 Å². The molecule has 0 unspecified atom stereocenters. The number of nitrogens with zero attached hydrogens (tertiary/aromatic N) is 2. The number of hydrogen-bond donors (Lipinski definition) is 1. The highest BCUT2D eigenvalue weighted by atomic mass is 19.1. The van der Waals surface area contributed by atoms with Crippen molar-refractivity contribution in [3.63, 3.8) is 0 Å². The zero-order valence-electron chi connectivity index (χ0n) is 11.0. The van der Waals surface area contributed by atoms with Crippen LogP contribution in [0.2, 0.25) is 0 Å². The van der Waals surface area contributed by atoms with Crippen molar-refractivity contribution in [1.29, 1.82) is 0 Å². The van der Waals surface area contributed by atoms with Crippen LogP contribution in [0.4, 0.5) is 16.0 Å². The first kappa shape index (κ1) is 12.6. The minimum Gasteiger partial charge on any atom is -0.325 e. The standard InChI is InChI=1S/C14H18FN3/c1-4-7-18-9-11(3)16-14(18)17-13-8-12(15)6-5-10(13)2/h5-6,8-9H,4,7H2,1-3H3,(H,16,17). The monoisotopic (exact) mass is 247 g/mol. The van der Waals surface area contributed by atoms with Gasteiger partial charge in [-0.05, 0) is 38.0 Å². The summed E-state index contributed by atoms with van der Waals surface area (Å²) in [5.74, 6) is 0.525. The highest BCUT2D eigenvalue weighted by molar-refractivity contribution is 5.58. The summed E-state index contributed by atoms with van der Waals surface area (Å²) in [5, 5.41) is 3.20. The van der Waals surface area contributed by atoms with E-state index in [0.29, 0.717) is 0 Å². The zero-order valence-corrected chi connectivity index (χ0v) is 11.0. The highest BCUT2D eigenvalue weighted by Crippen LogP contribution is 2.21. The molecule has 0 bridgehead atoms. The average Bonchev–Trinajstić information content (AvgIpc) is 2.65. The molecule has 1 N–H and O–H groups in total. The van der Waals surface area contributed by atoms with Gasteiger partial charge in [0.15, 0.2) is 0 Å². The minimum absolute atomic E-state index is 0.242. The van der Waals surface area contributed by atoms with Crippen LogP contribution in [-0.2, 0) is 6.54 Å². The number of benzene rings is 1. The van der Waals surface area contributed by atoms with Crippen LogP contribution < -0.4 is 5.32 Å². The van der Waals surface area contributed by atoms with Gasteiger partial charge in [0.05, 0.1) is 5.69 Å². The van der Waals surface area contributed by atoms with Crippen molar-refractivity contribution < 1.29 is 4.39 Å². The van der Waals surface area contributed by atoms with Crippen molar-refractivity contribution in [1.82, 2.24) is 9.55 Å². The fourth-order valence-electron chi connectivity index (χ4n) is 1.91. The Hall–Kier alpha value is -1.84. The number of aromatic nitrogens is 2. The average molecular weight is 247 g/mol. The first-order valence-corrected chi connectivity index (χ1v) is 6.17. The molecule has 3 nitrogen and oxygen atoms in total. The van der Waals surface area contributed by atoms with E-state index in [9.17, 15) is 4.39 Å². The van der Waals surface area contributed by atoms with E-state index in [1.165, 1.54) is 12.1 Å². The Labute approximate surface area is 107 Å². The number of rotatable bonds is 4. The maximum absolute atomic E-state index is 13.2. The molecule has 1 heterocycles. The molecule has 2 rings (SSSR count). The van der Waals surface area contributed by atoms with Crippen molar-refractivity contribution in [2.45, 2.75) is 33.7 Å². The van der Waals surface area contributed by atoms with Gasteiger partial charge >= 0.3 is 0 Å². The van der Waals surface area contributed by atoms with Gasteiger partial charge in [-0.3, -0.25) is 0 Å². The largest absolute Gasteiger partial charge is 0.325 e. The van der Waals surface area contributed by atoms with Gasteiger partial charge in [0.2, 0.25) is 5.95 Å². The highest BCUT2D eigenvalue weighted by Gasteiger charge is 2.07. The van der Waals surface area contributed by atoms with Gasteiger partial charge in [0, 0.05) is 18.4 Å². The maximum Gasteiger partial charge on any atom is 0.207 e. The summed E-state index contributed by atoms with van der Waals surface area (Å²) in [4.78, 5) is 4.42. The number of nitrogens with one attached hydrogen (secondary N) is 1. The second kappa shape index (κ2) is 5.21. The molecule has 0 radical (unpaired) electrons. The van der Waals surface area contributed by atoms with Crippen molar-refractivity contribution >= 4 is 11.6 Å². The SMILES string of the molecule is CCCn1cc(C)nc1Nc1cc(F)ccc1C. The molecule has 0 atom stereocenters. The predicted molar refractivity (Wildman–Crippen MR) is 71.7 cm³/mol. The minimum atomic E-state index is -0.242. The molecule has 1 aromatic carbocycles. The second-order valence-electron chi connectivity index (χ2n) is 4.48. The van der Waals surface area contributed by atoms with E-state index in [1.54, 1.807) is 6.07 Å². The Bertz CT molecular complexity index is 546. The van der Waals surface area contributed by atoms with Crippen molar-refractivity contribution in [2.24, 2.45) is 0 Å². The Morgan fingerprint density at radius 3 is 2.83 bits per heavy atom. The quantitative estimate of drug-likeness (QED) is 0.890. The third-order valence-electron chi connectivity index (χ3n) is 2.81. The molecular formula is C14H18FN3. The van der Waals surface area contributed by atoms with Crippen LogP contribution in [-0.4, -0.2) is 9.55 Å². The predicted octanol–water partition coefficient (Wildman–Crippen LogP) is 3.79. The van der Waals surface area contributed by atoms with E-state index in [4.69, 9.17) is 0 Å². The summed E-state index contributed by atoms with van der Waals surface area (Å²) >= 11 is 0. The topological polar surface area (TPSA) is 29.9 Å². The van der Waals surface area contributed by atoms with E-state index >= 15 is 0 Å². The van der Waals surface area contributed by atoms with Gasteiger partial charge in [-0.15, -0.1) is 0 Å². The summed E-state index contributed by atoms with van der Waals surface area (Å²) in [6.45, 7) is 6.92. The smallest absolute Gasteiger partial charge is 0.207 e. The molecular weight excluding hydrogens is 229 g/mol. The molecule has 0 aliphatic heterocycles. The zero-order chi connectivity index (χ0) is 13.1. The molecule has 0 saturated heterocycles. The van der Waals surface area contributed by atoms with Crippen LogP contribution in [0.15, 0.2) is 24.4 Å². The molecule has 4 heteroatoms. The van der Waals surface area contributed by atoms with Crippen molar-refractivity contribution in [3.05, 3.63) is 41.5 Å². The molecule has 18 heavy (non-hydrogen) atoms. The lowest BCUT2D eigenvalue weighted by Gasteiger charge is -2.11. The van der Waals surface area contributed by atoms with E-state index in [2.05, 4.69) is 21.8 Å². The Kier molecular flexibility index (Phi) is 3.65. The first-order chi connectivity index (χ1) is 8.60. The van der Waals surface area contributed by atoms with E-state index in [1.807, 2.05) is 20.0 Å². The van der Waals surface area contributed by atoms with Crippen molar-refractivity contribution in [3.8, 4) is 0 Å². The molecule has 0 aliphatic carbocycles. The van der Waals surface area contributed by atoms with Crippen LogP contribution in [0.1, 0.15) is 24.6 Å². The van der Waals surface area contributed by atoms with E-state index < -0.39 is 0 Å². The normalized spacial score (nSPS) is 10.7. The third kappa shape index (κ3) is 2.70.